The first-order valence-corrected chi connectivity index (χ1v) is 11.2. The number of rotatable bonds is 7. The molecule has 0 aliphatic carbocycles. The van der Waals surface area contributed by atoms with E-state index in [2.05, 4.69) is 18.2 Å². The number of aliphatic imine (C=N–C) groups is 2. The molecule has 6 nitrogen and oxygen atoms in total. The lowest BCUT2D eigenvalue weighted by Gasteiger charge is -2.26. The van der Waals surface area contributed by atoms with E-state index in [1.165, 1.54) is 0 Å². The SMILES string of the molecule is COc1c(C)cc(C2(c3cccc(-c4ccc(CCC(=O)O)cc4)c3)N=C(C)C(N)=N2)cc1C. The quantitative estimate of drug-likeness (QED) is 0.522. The molecule has 0 amide bonds. The first kappa shape index (κ1) is 23.2. The Morgan fingerprint density at radius 1 is 0.941 bits per heavy atom. The number of carbonyl (C=O) groups is 1. The van der Waals surface area contributed by atoms with Crippen LogP contribution in [0.4, 0.5) is 0 Å². The van der Waals surface area contributed by atoms with Gasteiger partial charge < -0.3 is 15.6 Å². The van der Waals surface area contributed by atoms with Crippen molar-refractivity contribution in [3.05, 3.63) is 88.5 Å². The average Bonchev–Trinajstić information content (AvgIpc) is 3.13. The van der Waals surface area contributed by atoms with Gasteiger partial charge in [0.1, 0.15) is 11.6 Å². The molecular weight excluding hydrogens is 426 g/mol. The summed E-state index contributed by atoms with van der Waals surface area (Å²) in [5.74, 6) is 0.490. The zero-order valence-electron chi connectivity index (χ0n) is 19.9. The topological polar surface area (TPSA) is 97.3 Å². The molecule has 3 aromatic carbocycles. The smallest absolute Gasteiger partial charge is 0.303 e. The van der Waals surface area contributed by atoms with Gasteiger partial charge in [0, 0.05) is 17.5 Å². The highest BCUT2D eigenvalue weighted by Crippen LogP contribution is 2.42. The number of aryl methyl sites for hydroxylation is 3. The maximum Gasteiger partial charge on any atom is 0.303 e. The monoisotopic (exact) mass is 455 g/mol. The summed E-state index contributed by atoms with van der Waals surface area (Å²) < 4.78 is 5.56. The second-order valence-electron chi connectivity index (χ2n) is 8.68. The van der Waals surface area contributed by atoms with Gasteiger partial charge in [-0.1, -0.05) is 42.5 Å². The van der Waals surface area contributed by atoms with E-state index in [1.807, 2.05) is 63.2 Å². The molecule has 3 aromatic rings. The molecule has 0 saturated carbocycles. The van der Waals surface area contributed by atoms with Crippen LogP contribution >= 0.6 is 0 Å². The van der Waals surface area contributed by atoms with E-state index >= 15 is 0 Å². The Morgan fingerprint density at radius 3 is 2.18 bits per heavy atom. The summed E-state index contributed by atoms with van der Waals surface area (Å²) in [6.45, 7) is 5.91. The van der Waals surface area contributed by atoms with Crippen LogP contribution in [0.3, 0.4) is 0 Å². The highest BCUT2D eigenvalue weighted by molar-refractivity contribution is 6.41. The number of hydrogen-bond acceptors (Lipinski definition) is 5. The van der Waals surface area contributed by atoms with Crippen LogP contribution < -0.4 is 10.5 Å². The summed E-state index contributed by atoms with van der Waals surface area (Å²) in [5.41, 5.74) is 12.9. The third-order valence-electron chi connectivity index (χ3n) is 6.23. The first-order valence-electron chi connectivity index (χ1n) is 11.2. The highest BCUT2D eigenvalue weighted by atomic mass is 16.5. The molecule has 0 saturated heterocycles. The van der Waals surface area contributed by atoms with E-state index in [9.17, 15) is 4.79 Å². The molecule has 3 N–H and O–H groups in total. The number of carboxylic acid groups (broad SMARTS) is 1. The van der Waals surface area contributed by atoms with Crippen molar-refractivity contribution in [1.29, 1.82) is 0 Å². The lowest BCUT2D eigenvalue weighted by molar-refractivity contribution is -0.136. The summed E-state index contributed by atoms with van der Waals surface area (Å²) >= 11 is 0. The van der Waals surface area contributed by atoms with Gasteiger partial charge in [0.25, 0.3) is 0 Å². The van der Waals surface area contributed by atoms with E-state index in [4.69, 9.17) is 25.6 Å². The predicted molar refractivity (Wildman–Crippen MR) is 136 cm³/mol. The van der Waals surface area contributed by atoms with E-state index in [1.54, 1.807) is 7.11 Å². The highest BCUT2D eigenvalue weighted by Gasteiger charge is 2.39. The number of ether oxygens (including phenoxy) is 1. The number of amidine groups is 1. The van der Waals surface area contributed by atoms with Crippen molar-refractivity contribution >= 4 is 17.5 Å². The van der Waals surface area contributed by atoms with Gasteiger partial charge in [-0.05, 0) is 73.2 Å². The summed E-state index contributed by atoms with van der Waals surface area (Å²) in [4.78, 5) is 20.7. The second kappa shape index (κ2) is 9.14. The van der Waals surface area contributed by atoms with Gasteiger partial charge in [-0.25, -0.2) is 9.98 Å². The molecule has 1 atom stereocenters. The van der Waals surface area contributed by atoms with Crippen molar-refractivity contribution in [3.63, 3.8) is 0 Å². The van der Waals surface area contributed by atoms with Crippen LogP contribution in [-0.4, -0.2) is 29.7 Å². The molecule has 1 unspecified atom stereocenters. The normalized spacial score (nSPS) is 17.3. The maximum absolute atomic E-state index is 10.9. The fourth-order valence-electron chi connectivity index (χ4n) is 4.51. The van der Waals surface area contributed by atoms with Crippen molar-refractivity contribution in [2.75, 3.05) is 7.11 Å². The van der Waals surface area contributed by atoms with Crippen LogP contribution in [0.5, 0.6) is 5.75 Å². The van der Waals surface area contributed by atoms with Crippen molar-refractivity contribution in [1.82, 2.24) is 0 Å². The minimum absolute atomic E-state index is 0.120. The Kier molecular flexibility index (Phi) is 6.24. The Balaban J connectivity index is 1.79. The van der Waals surface area contributed by atoms with Crippen LogP contribution in [0, 0.1) is 13.8 Å². The molecule has 34 heavy (non-hydrogen) atoms. The number of nitrogens with zero attached hydrogens (tertiary/aromatic N) is 2. The number of hydrogen-bond donors (Lipinski definition) is 2. The van der Waals surface area contributed by atoms with Crippen molar-refractivity contribution in [2.24, 2.45) is 15.7 Å². The van der Waals surface area contributed by atoms with Gasteiger partial charge >= 0.3 is 5.97 Å². The Bertz CT molecular complexity index is 1270. The molecule has 0 spiro atoms. The van der Waals surface area contributed by atoms with Crippen LogP contribution in [0.25, 0.3) is 11.1 Å². The lowest BCUT2D eigenvalue weighted by atomic mass is 9.88. The lowest BCUT2D eigenvalue weighted by Crippen LogP contribution is -2.23. The summed E-state index contributed by atoms with van der Waals surface area (Å²) in [7, 11) is 1.68. The molecule has 1 aliphatic heterocycles. The average molecular weight is 456 g/mol. The number of benzene rings is 3. The summed E-state index contributed by atoms with van der Waals surface area (Å²) in [5, 5.41) is 8.92. The van der Waals surface area contributed by atoms with Gasteiger partial charge in [0.2, 0.25) is 5.66 Å². The summed E-state index contributed by atoms with van der Waals surface area (Å²) in [6, 6.07) is 20.3. The molecule has 0 aromatic heterocycles. The first-order chi connectivity index (χ1) is 16.2. The minimum atomic E-state index is -0.965. The van der Waals surface area contributed by atoms with Crippen LogP contribution in [0.2, 0.25) is 0 Å². The van der Waals surface area contributed by atoms with E-state index < -0.39 is 11.6 Å². The molecule has 4 rings (SSSR count). The fraction of sp³-hybridized carbons (Fsp3) is 0.250. The Hall–Kier alpha value is -3.93. The molecular formula is C28H29N3O3. The Morgan fingerprint density at radius 2 is 1.62 bits per heavy atom. The third kappa shape index (κ3) is 4.31. The largest absolute Gasteiger partial charge is 0.496 e. The number of carboxylic acids is 1. The molecule has 1 heterocycles. The maximum atomic E-state index is 10.9. The second-order valence-corrected chi connectivity index (χ2v) is 8.68. The molecule has 0 radical (unpaired) electrons. The van der Waals surface area contributed by atoms with Crippen molar-refractivity contribution in [3.8, 4) is 16.9 Å². The zero-order valence-corrected chi connectivity index (χ0v) is 19.9. The zero-order chi connectivity index (χ0) is 24.5. The van der Waals surface area contributed by atoms with Crippen LogP contribution in [0.15, 0.2) is 70.6 Å². The van der Waals surface area contributed by atoms with Gasteiger partial charge in [-0.3, -0.25) is 4.79 Å². The number of nitrogens with two attached hydrogens (primary N) is 1. The summed E-state index contributed by atoms with van der Waals surface area (Å²) in [6.07, 6.45) is 0.631. The molecule has 0 bridgehead atoms. The molecule has 0 fully saturated rings. The standard InChI is InChI=1S/C28H29N3O3/c1-17-14-24(15-18(2)26(17)34-4)28(30-19(3)27(29)31-28)23-7-5-6-22(16-23)21-11-8-20(9-12-21)10-13-25(32)33/h5-9,11-12,14-16H,10,13H2,1-4H3,(H2,29,31)(H,32,33). The van der Waals surface area contributed by atoms with E-state index in [-0.39, 0.29) is 6.42 Å². The van der Waals surface area contributed by atoms with Crippen LogP contribution in [0.1, 0.15) is 41.2 Å². The van der Waals surface area contributed by atoms with Gasteiger partial charge in [-0.2, -0.15) is 0 Å². The van der Waals surface area contributed by atoms with Gasteiger partial charge in [0.15, 0.2) is 0 Å². The van der Waals surface area contributed by atoms with Gasteiger partial charge in [-0.15, -0.1) is 0 Å². The predicted octanol–water partition coefficient (Wildman–Crippen LogP) is 5.03. The molecule has 1 aliphatic rings. The fourth-order valence-corrected chi connectivity index (χ4v) is 4.51. The minimum Gasteiger partial charge on any atom is -0.496 e. The van der Waals surface area contributed by atoms with Gasteiger partial charge in [0.05, 0.1) is 12.8 Å². The van der Waals surface area contributed by atoms with Crippen molar-refractivity contribution in [2.45, 2.75) is 39.3 Å². The molecule has 6 heteroatoms. The number of aliphatic carboxylic acids is 1. The van der Waals surface area contributed by atoms with Crippen LogP contribution in [-0.2, 0) is 16.9 Å². The number of methoxy groups -OCH3 is 1. The molecule has 174 valence electrons. The Labute approximate surface area is 199 Å². The van der Waals surface area contributed by atoms with E-state index in [0.717, 1.165) is 44.7 Å². The third-order valence-corrected chi connectivity index (χ3v) is 6.23. The van der Waals surface area contributed by atoms with Crippen molar-refractivity contribution < 1.29 is 14.6 Å². The van der Waals surface area contributed by atoms with E-state index in [0.29, 0.717) is 18.0 Å².